The zero-order valence-electron chi connectivity index (χ0n) is 14.7. The molecule has 0 saturated heterocycles. The van der Waals surface area contributed by atoms with Crippen LogP contribution in [-0.4, -0.2) is 0 Å². The van der Waals surface area contributed by atoms with E-state index < -0.39 is 0 Å². The lowest BCUT2D eigenvalue weighted by Gasteiger charge is -2.25. The van der Waals surface area contributed by atoms with E-state index in [4.69, 9.17) is 11.5 Å². The van der Waals surface area contributed by atoms with Crippen LogP contribution in [0.2, 0.25) is 0 Å². The molecular formula is C24H23N2. The molecule has 2 nitrogen and oxygen atoms in total. The second kappa shape index (κ2) is 7.28. The summed E-state index contributed by atoms with van der Waals surface area (Å²) < 4.78 is 0. The first-order chi connectivity index (χ1) is 12.8. The van der Waals surface area contributed by atoms with Crippen molar-refractivity contribution in [2.24, 2.45) is 11.5 Å². The Balaban J connectivity index is 1.86. The summed E-state index contributed by atoms with van der Waals surface area (Å²) in [6.45, 7) is 1.09. The quantitative estimate of drug-likeness (QED) is 0.724. The standard InChI is InChI=1S/C24H23N2/c25-15-17-5-3-8-20(13-17)24(21-9-4-6-18(14-21)16-26)23-12-11-19-7-1-2-10-22(19)23/h1-14,24H,15-16,25-26H2. The molecule has 0 amide bonds. The van der Waals surface area contributed by atoms with Crippen LogP contribution in [0.25, 0.3) is 6.08 Å². The van der Waals surface area contributed by atoms with Crippen LogP contribution in [0, 0.1) is 5.92 Å². The van der Waals surface area contributed by atoms with E-state index >= 15 is 0 Å². The van der Waals surface area contributed by atoms with E-state index in [9.17, 15) is 0 Å². The summed E-state index contributed by atoms with van der Waals surface area (Å²) in [4.78, 5) is 0. The fourth-order valence-corrected chi connectivity index (χ4v) is 3.78. The topological polar surface area (TPSA) is 52.0 Å². The van der Waals surface area contributed by atoms with E-state index in [-0.39, 0.29) is 5.92 Å². The molecule has 0 bridgehead atoms. The normalized spacial score (nSPS) is 13.3. The third-order valence-electron chi connectivity index (χ3n) is 5.07. The fourth-order valence-electron chi connectivity index (χ4n) is 3.78. The number of benzene rings is 3. The molecule has 0 spiro atoms. The molecule has 0 aromatic heterocycles. The molecule has 26 heavy (non-hydrogen) atoms. The summed E-state index contributed by atoms with van der Waals surface area (Å²) in [6.07, 6.45) is 4.46. The highest BCUT2D eigenvalue weighted by atomic mass is 14.5. The van der Waals surface area contributed by atoms with E-state index in [2.05, 4.69) is 84.9 Å². The van der Waals surface area contributed by atoms with Crippen molar-refractivity contribution in [3.05, 3.63) is 118 Å². The fraction of sp³-hybridized carbons (Fsp3) is 0.125. The zero-order chi connectivity index (χ0) is 17.9. The molecule has 0 unspecified atom stereocenters. The minimum atomic E-state index is 0.160. The van der Waals surface area contributed by atoms with Gasteiger partial charge in [-0.15, -0.1) is 0 Å². The monoisotopic (exact) mass is 339 g/mol. The summed E-state index contributed by atoms with van der Waals surface area (Å²) in [7, 11) is 0. The van der Waals surface area contributed by atoms with Crippen molar-refractivity contribution in [1.82, 2.24) is 0 Å². The van der Waals surface area contributed by atoms with Gasteiger partial charge in [-0.2, -0.15) is 0 Å². The molecule has 0 fully saturated rings. The van der Waals surface area contributed by atoms with Gasteiger partial charge in [-0.25, -0.2) is 0 Å². The Bertz CT molecular complexity index is 895. The smallest absolute Gasteiger partial charge is 0.0391 e. The van der Waals surface area contributed by atoms with E-state index in [0.29, 0.717) is 13.1 Å². The first-order valence-corrected chi connectivity index (χ1v) is 9.02. The predicted molar refractivity (Wildman–Crippen MR) is 108 cm³/mol. The maximum Gasteiger partial charge on any atom is 0.0391 e. The number of allylic oxidation sites excluding steroid dienone is 1. The van der Waals surface area contributed by atoms with E-state index in [1.165, 1.54) is 28.2 Å². The molecule has 1 aliphatic carbocycles. The van der Waals surface area contributed by atoms with Gasteiger partial charge in [0.2, 0.25) is 0 Å². The largest absolute Gasteiger partial charge is 0.326 e. The van der Waals surface area contributed by atoms with Gasteiger partial charge in [-0.1, -0.05) is 84.9 Å². The van der Waals surface area contributed by atoms with Crippen LogP contribution in [-0.2, 0) is 13.1 Å². The van der Waals surface area contributed by atoms with E-state index in [1.807, 2.05) is 0 Å². The van der Waals surface area contributed by atoms with Gasteiger partial charge in [0, 0.05) is 24.9 Å². The highest BCUT2D eigenvalue weighted by Crippen LogP contribution is 2.43. The minimum Gasteiger partial charge on any atom is -0.326 e. The number of hydrogen-bond acceptors (Lipinski definition) is 2. The molecule has 4 rings (SSSR count). The molecule has 0 aliphatic heterocycles. The highest BCUT2D eigenvalue weighted by molar-refractivity contribution is 5.71. The Morgan fingerprint density at radius 2 is 1.27 bits per heavy atom. The Morgan fingerprint density at radius 1 is 0.654 bits per heavy atom. The van der Waals surface area contributed by atoms with Crippen molar-refractivity contribution in [3.63, 3.8) is 0 Å². The van der Waals surface area contributed by atoms with Crippen LogP contribution in [0.1, 0.15) is 39.3 Å². The second-order valence-electron chi connectivity index (χ2n) is 6.71. The van der Waals surface area contributed by atoms with E-state index in [0.717, 1.165) is 11.1 Å². The van der Waals surface area contributed by atoms with Crippen LogP contribution < -0.4 is 11.5 Å². The Morgan fingerprint density at radius 3 is 1.88 bits per heavy atom. The van der Waals surface area contributed by atoms with Crippen LogP contribution >= 0.6 is 0 Å². The lowest BCUT2D eigenvalue weighted by molar-refractivity contribution is 0.882. The third-order valence-corrected chi connectivity index (χ3v) is 5.07. The molecular weight excluding hydrogens is 316 g/mol. The average Bonchev–Trinajstić information content (AvgIpc) is 3.12. The van der Waals surface area contributed by atoms with Gasteiger partial charge in [0.25, 0.3) is 0 Å². The molecule has 1 aliphatic rings. The van der Waals surface area contributed by atoms with Crippen molar-refractivity contribution in [3.8, 4) is 0 Å². The maximum absolute atomic E-state index is 5.90. The Hall–Kier alpha value is -2.68. The van der Waals surface area contributed by atoms with Crippen molar-refractivity contribution in [2.45, 2.75) is 19.0 Å². The van der Waals surface area contributed by atoms with Gasteiger partial charge in [0.15, 0.2) is 0 Å². The van der Waals surface area contributed by atoms with Crippen molar-refractivity contribution >= 4 is 6.08 Å². The molecule has 0 atom stereocenters. The van der Waals surface area contributed by atoms with Crippen molar-refractivity contribution in [1.29, 1.82) is 0 Å². The van der Waals surface area contributed by atoms with Crippen LogP contribution in [0.15, 0.2) is 78.9 Å². The summed E-state index contributed by atoms with van der Waals surface area (Å²) in [5.41, 5.74) is 19.2. The Labute approximate surface area is 155 Å². The van der Waals surface area contributed by atoms with Crippen LogP contribution in [0.3, 0.4) is 0 Å². The summed E-state index contributed by atoms with van der Waals surface area (Å²) in [5, 5.41) is 0. The number of hydrogen-bond donors (Lipinski definition) is 2. The van der Waals surface area contributed by atoms with Gasteiger partial charge in [-0.3, -0.25) is 0 Å². The van der Waals surface area contributed by atoms with Gasteiger partial charge in [0.1, 0.15) is 0 Å². The predicted octanol–water partition coefficient (Wildman–Crippen LogP) is 4.39. The van der Waals surface area contributed by atoms with E-state index in [1.54, 1.807) is 0 Å². The average molecular weight is 339 g/mol. The van der Waals surface area contributed by atoms with Gasteiger partial charge in [0.05, 0.1) is 0 Å². The lowest BCUT2D eigenvalue weighted by atomic mass is 9.77. The van der Waals surface area contributed by atoms with Crippen molar-refractivity contribution < 1.29 is 0 Å². The molecule has 3 aromatic rings. The number of fused-ring (bicyclic) bond motifs is 1. The first-order valence-electron chi connectivity index (χ1n) is 9.02. The van der Waals surface area contributed by atoms with Gasteiger partial charge >= 0.3 is 0 Å². The number of rotatable bonds is 5. The second-order valence-corrected chi connectivity index (χ2v) is 6.71. The van der Waals surface area contributed by atoms with Crippen LogP contribution in [0.4, 0.5) is 0 Å². The van der Waals surface area contributed by atoms with Crippen LogP contribution in [0.5, 0.6) is 0 Å². The molecule has 1 radical (unpaired) electrons. The summed E-state index contributed by atoms with van der Waals surface area (Å²) >= 11 is 0. The zero-order valence-corrected chi connectivity index (χ0v) is 14.7. The SMILES string of the molecule is NCc1cccc(C([C]2C=Cc3ccccc32)c2cccc(CN)c2)c1. The van der Waals surface area contributed by atoms with Gasteiger partial charge in [-0.05, 0) is 33.4 Å². The number of nitrogens with two attached hydrogens (primary N) is 2. The molecule has 4 N–H and O–H groups in total. The molecule has 0 saturated carbocycles. The van der Waals surface area contributed by atoms with Gasteiger partial charge < -0.3 is 11.5 Å². The summed E-state index contributed by atoms with van der Waals surface area (Å²) in [5.74, 6) is 1.48. The maximum atomic E-state index is 5.90. The minimum absolute atomic E-state index is 0.160. The highest BCUT2D eigenvalue weighted by Gasteiger charge is 2.29. The molecule has 0 heterocycles. The Kier molecular flexibility index (Phi) is 4.70. The third kappa shape index (κ3) is 3.10. The summed E-state index contributed by atoms with van der Waals surface area (Å²) in [6, 6.07) is 25.8. The first kappa shape index (κ1) is 16.8. The molecule has 129 valence electrons. The lowest BCUT2D eigenvalue weighted by Crippen LogP contribution is -2.12. The molecule has 2 heteroatoms. The molecule has 3 aromatic carbocycles. The van der Waals surface area contributed by atoms with Crippen molar-refractivity contribution in [2.75, 3.05) is 0 Å².